The number of likely N-dealkylation sites (N-methyl/N-ethyl adjacent to an activating group) is 1. The van der Waals surface area contributed by atoms with Crippen LogP contribution in [0.25, 0.3) is 28.1 Å². The van der Waals surface area contributed by atoms with Crippen LogP contribution in [0.15, 0.2) is 79.0 Å². The zero-order valence-electron chi connectivity index (χ0n) is 19.7. The number of carbonyl (C=O) groups excluding carboxylic acids is 1. The molecule has 4 nitrogen and oxygen atoms in total. The molecule has 7 heteroatoms. The fraction of sp³-hybridized carbons (Fsp3) is 0.179. The molecule has 35 heavy (non-hydrogen) atoms. The van der Waals surface area contributed by atoms with Crippen molar-refractivity contribution >= 4 is 11.6 Å². The van der Waals surface area contributed by atoms with Gasteiger partial charge in [0.2, 0.25) is 5.91 Å². The van der Waals surface area contributed by atoms with E-state index in [4.69, 9.17) is 0 Å². The predicted molar refractivity (Wildman–Crippen MR) is 134 cm³/mol. The Balaban J connectivity index is 1.70. The van der Waals surface area contributed by atoms with Crippen molar-refractivity contribution in [3.8, 4) is 28.1 Å². The number of benzene rings is 3. The van der Waals surface area contributed by atoms with E-state index < -0.39 is 11.7 Å². The van der Waals surface area contributed by atoms with Crippen LogP contribution in [0.4, 0.5) is 18.9 Å². The molecule has 0 unspecified atom stereocenters. The van der Waals surface area contributed by atoms with Crippen LogP contribution in [0.1, 0.15) is 16.7 Å². The van der Waals surface area contributed by atoms with Crippen molar-refractivity contribution in [1.29, 1.82) is 0 Å². The van der Waals surface area contributed by atoms with E-state index in [-0.39, 0.29) is 12.5 Å². The normalized spacial score (nSPS) is 11.5. The molecule has 3 aromatic carbocycles. The third kappa shape index (κ3) is 5.63. The minimum atomic E-state index is -4.47. The van der Waals surface area contributed by atoms with E-state index in [0.29, 0.717) is 22.6 Å². The second-order valence-electron chi connectivity index (χ2n) is 8.56. The summed E-state index contributed by atoms with van der Waals surface area (Å²) in [6.07, 6.45) is -3.37. The quantitative estimate of drug-likeness (QED) is 0.328. The second-order valence-corrected chi connectivity index (χ2v) is 8.56. The predicted octanol–water partition coefficient (Wildman–Crippen LogP) is 6.60. The van der Waals surface area contributed by atoms with Gasteiger partial charge in [-0.1, -0.05) is 53.6 Å². The molecule has 2 N–H and O–H groups in total. The summed E-state index contributed by atoms with van der Waals surface area (Å²) in [6, 6.07) is 21.7. The number of halogens is 3. The first-order valence-electron chi connectivity index (χ1n) is 11.2. The van der Waals surface area contributed by atoms with E-state index in [2.05, 4.69) is 28.8 Å². The van der Waals surface area contributed by atoms with Gasteiger partial charge in [-0.2, -0.15) is 13.2 Å². The van der Waals surface area contributed by atoms with Gasteiger partial charge in [0.25, 0.3) is 0 Å². The van der Waals surface area contributed by atoms with Crippen LogP contribution in [0, 0.1) is 13.8 Å². The lowest BCUT2D eigenvalue weighted by Gasteiger charge is -2.12. The van der Waals surface area contributed by atoms with Gasteiger partial charge < -0.3 is 15.2 Å². The summed E-state index contributed by atoms with van der Waals surface area (Å²) >= 11 is 0. The number of anilines is 1. The summed E-state index contributed by atoms with van der Waals surface area (Å²) in [5.74, 6) is -0.204. The number of hydrogen-bond donors (Lipinski definition) is 2. The first-order valence-corrected chi connectivity index (χ1v) is 11.2. The number of amides is 1. The van der Waals surface area contributed by atoms with Gasteiger partial charge in [0, 0.05) is 17.6 Å². The minimum absolute atomic E-state index is 0.163. The molecule has 1 amide bonds. The number of nitrogens with zero attached hydrogens (tertiary/aromatic N) is 1. The maximum Gasteiger partial charge on any atom is 0.417 e. The lowest BCUT2D eigenvalue weighted by Crippen LogP contribution is -2.24. The van der Waals surface area contributed by atoms with Gasteiger partial charge in [0.1, 0.15) is 0 Å². The largest absolute Gasteiger partial charge is 0.417 e. The molecular weight excluding hydrogens is 451 g/mol. The van der Waals surface area contributed by atoms with Crippen LogP contribution in [0.3, 0.4) is 0 Å². The lowest BCUT2D eigenvalue weighted by atomic mass is 9.99. The summed E-state index contributed by atoms with van der Waals surface area (Å²) in [6.45, 7) is 4.23. The van der Waals surface area contributed by atoms with Gasteiger partial charge in [0.05, 0.1) is 17.8 Å². The molecular formula is C28H26F3N3O. The highest BCUT2D eigenvalue weighted by Gasteiger charge is 2.33. The highest BCUT2D eigenvalue weighted by molar-refractivity contribution is 5.92. The number of nitrogens with one attached hydrogen (secondary N) is 2. The second kappa shape index (κ2) is 9.80. The van der Waals surface area contributed by atoms with Crippen LogP contribution in [-0.2, 0) is 11.0 Å². The topological polar surface area (TPSA) is 46.1 Å². The van der Waals surface area contributed by atoms with Gasteiger partial charge in [-0.3, -0.25) is 4.79 Å². The summed E-state index contributed by atoms with van der Waals surface area (Å²) in [7, 11) is 1.67. The van der Waals surface area contributed by atoms with Gasteiger partial charge in [-0.05, 0) is 67.9 Å². The lowest BCUT2D eigenvalue weighted by molar-refractivity contribution is -0.137. The Morgan fingerprint density at radius 3 is 2.00 bits per heavy atom. The zero-order valence-corrected chi connectivity index (χ0v) is 19.7. The van der Waals surface area contributed by atoms with Crippen molar-refractivity contribution in [2.75, 3.05) is 18.9 Å². The smallest absolute Gasteiger partial charge is 0.325 e. The standard InChI is InChI=1S/C28H26F3N3O/c1-18-12-19(2)14-22(13-18)20-4-6-21(7-5-20)26-15-23(28(29,30)31)17-34(26)25-10-8-24(9-11-25)33-27(35)16-32-3/h4-15,17,32H,16H2,1-3H3,(H,33,35). The Hall–Kier alpha value is -3.84. The van der Waals surface area contributed by atoms with E-state index >= 15 is 0 Å². The number of aromatic nitrogens is 1. The molecule has 4 rings (SSSR count). The maximum absolute atomic E-state index is 13.6. The Morgan fingerprint density at radius 1 is 0.829 bits per heavy atom. The summed E-state index contributed by atoms with van der Waals surface area (Å²) in [5, 5.41) is 5.50. The van der Waals surface area contributed by atoms with Crippen LogP contribution in [0.5, 0.6) is 0 Å². The molecule has 0 aliphatic rings. The summed E-state index contributed by atoms with van der Waals surface area (Å²) in [5.41, 5.74) is 5.86. The van der Waals surface area contributed by atoms with Crippen molar-refractivity contribution < 1.29 is 18.0 Å². The molecule has 0 fully saturated rings. The average molecular weight is 478 g/mol. The highest BCUT2D eigenvalue weighted by Crippen LogP contribution is 2.36. The van der Waals surface area contributed by atoms with Crippen LogP contribution in [-0.4, -0.2) is 24.1 Å². The number of carbonyl (C=O) groups is 1. The fourth-order valence-electron chi connectivity index (χ4n) is 4.10. The van der Waals surface area contributed by atoms with Gasteiger partial charge in [0.15, 0.2) is 0 Å². The molecule has 0 aliphatic heterocycles. The molecule has 0 radical (unpaired) electrons. The summed E-state index contributed by atoms with van der Waals surface area (Å²) in [4.78, 5) is 11.8. The molecule has 0 bridgehead atoms. The molecule has 1 heterocycles. The Kier molecular flexibility index (Phi) is 6.80. The van der Waals surface area contributed by atoms with Crippen LogP contribution in [0.2, 0.25) is 0 Å². The highest BCUT2D eigenvalue weighted by atomic mass is 19.4. The number of alkyl halides is 3. The monoisotopic (exact) mass is 477 g/mol. The van der Waals surface area contributed by atoms with Crippen molar-refractivity contribution in [1.82, 2.24) is 9.88 Å². The van der Waals surface area contributed by atoms with E-state index in [9.17, 15) is 18.0 Å². The Morgan fingerprint density at radius 2 is 1.43 bits per heavy atom. The van der Waals surface area contributed by atoms with Crippen molar-refractivity contribution in [2.24, 2.45) is 0 Å². The summed E-state index contributed by atoms with van der Waals surface area (Å²) < 4.78 is 42.3. The van der Waals surface area contributed by atoms with Crippen LogP contribution < -0.4 is 10.6 Å². The Labute approximate surface area is 202 Å². The van der Waals surface area contributed by atoms with E-state index in [1.165, 1.54) is 4.57 Å². The van der Waals surface area contributed by atoms with Gasteiger partial charge in [-0.15, -0.1) is 0 Å². The van der Waals surface area contributed by atoms with E-state index in [0.717, 1.165) is 34.5 Å². The SMILES string of the molecule is CNCC(=O)Nc1ccc(-n2cc(C(F)(F)F)cc2-c2ccc(-c3cc(C)cc(C)c3)cc2)cc1. The van der Waals surface area contributed by atoms with E-state index in [1.807, 2.05) is 38.1 Å². The molecule has 0 spiro atoms. The van der Waals surface area contributed by atoms with Crippen LogP contribution >= 0.6 is 0 Å². The average Bonchev–Trinajstić information content (AvgIpc) is 3.25. The minimum Gasteiger partial charge on any atom is -0.325 e. The zero-order chi connectivity index (χ0) is 25.2. The number of aryl methyl sites for hydroxylation is 2. The third-order valence-electron chi connectivity index (χ3n) is 5.65. The first-order chi connectivity index (χ1) is 16.6. The van der Waals surface area contributed by atoms with Gasteiger partial charge in [-0.25, -0.2) is 0 Å². The van der Waals surface area contributed by atoms with Gasteiger partial charge >= 0.3 is 6.18 Å². The first kappa shape index (κ1) is 24.3. The number of rotatable bonds is 6. The van der Waals surface area contributed by atoms with Crippen molar-refractivity contribution in [3.05, 3.63) is 95.7 Å². The fourth-order valence-corrected chi connectivity index (χ4v) is 4.10. The molecule has 0 saturated heterocycles. The molecule has 1 aromatic heterocycles. The van der Waals surface area contributed by atoms with Crippen molar-refractivity contribution in [2.45, 2.75) is 20.0 Å². The maximum atomic E-state index is 13.6. The molecule has 0 aliphatic carbocycles. The third-order valence-corrected chi connectivity index (χ3v) is 5.65. The molecule has 180 valence electrons. The van der Waals surface area contributed by atoms with E-state index in [1.54, 1.807) is 31.3 Å². The molecule has 4 aromatic rings. The van der Waals surface area contributed by atoms with Crippen molar-refractivity contribution in [3.63, 3.8) is 0 Å². The molecule has 0 saturated carbocycles. The molecule has 0 atom stereocenters. The Bertz CT molecular complexity index is 1320. The number of hydrogen-bond acceptors (Lipinski definition) is 2.